The van der Waals surface area contributed by atoms with Crippen LogP contribution in [0.4, 0.5) is 0 Å². The highest BCUT2D eigenvalue weighted by molar-refractivity contribution is 5.32. The second kappa shape index (κ2) is 2.09. The number of nitriles is 1. The van der Waals surface area contributed by atoms with Crippen molar-refractivity contribution in [1.82, 2.24) is 10.2 Å². The molecule has 1 N–H and O–H groups in total. The highest BCUT2D eigenvalue weighted by Crippen LogP contribution is 2.08. The number of hydrogen-bond acceptors (Lipinski definition) is 4. The van der Waals surface area contributed by atoms with Gasteiger partial charge in [0.05, 0.1) is 6.20 Å². The molecule has 0 unspecified atom stereocenters. The summed E-state index contributed by atoms with van der Waals surface area (Å²) < 4.78 is 0. The zero-order chi connectivity index (χ0) is 6.69. The van der Waals surface area contributed by atoms with Gasteiger partial charge in [-0.05, 0) is 0 Å². The Labute approximate surface area is 51.4 Å². The molecule has 0 aliphatic heterocycles. The second-order valence-electron chi connectivity index (χ2n) is 1.38. The number of aromatic hydroxyl groups is 1. The predicted molar refractivity (Wildman–Crippen MR) is 28.4 cm³/mol. The van der Waals surface area contributed by atoms with Crippen LogP contribution in [0.1, 0.15) is 5.69 Å². The van der Waals surface area contributed by atoms with E-state index in [2.05, 4.69) is 10.2 Å². The molecular formula is C5H3N3O. The molecule has 1 aromatic rings. The summed E-state index contributed by atoms with van der Waals surface area (Å²) in [7, 11) is 0. The molecule has 0 radical (unpaired) electrons. The van der Waals surface area contributed by atoms with Crippen LogP contribution in [0.2, 0.25) is 0 Å². The molecule has 0 amide bonds. The van der Waals surface area contributed by atoms with Crippen LogP contribution in [0.5, 0.6) is 5.75 Å². The van der Waals surface area contributed by atoms with Crippen LogP contribution in [-0.2, 0) is 0 Å². The summed E-state index contributed by atoms with van der Waals surface area (Å²) in [5.74, 6) is -0.132. The number of nitrogens with zero attached hydrogens (tertiary/aromatic N) is 3. The van der Waals surface area contributed by atoms with Crippen molar-refractivity contribution >= 4 is 0 Å². The number of rotatable bonds is 0. The standard InChI is InChI=1S/C5H3N3O/c6-3-4-5(9)1-2-7-8-4/h1-2H,(H,7,9). The van der Waals surface area contributed by atoms with E-state index in [1.807, 2.05) is 0 Å². The molecule has 44 valence electrons. The number of hydrogen-bond donors (Lipinski definition) is 1. The Hall–Kier alpha value is -1.63. The molecule has 0 spiro atoms. The Kier molecular flexibility index (Phi) is 1.28. The van der Waals surface area contributed by atoms with Gasteiger partial charge in [-0.2, -0.15) is 10.4 Å². The average Bonchev–Trinajstić information content (AvgIpc) is 1.89. The first-order valence-electron chi connectivity index (χ1n) is 2.25. The third-order valence-electron chi connectivity index (χ3n) is 0.805. The van der Waals surface area contributed by atoms with Gasteiger partial charge in [0.2, 0.25) is 5.69 Å². The Morgan fingerprint density at radius 3 is 2.89 bits per heavy atom. The summed E-state index contributed by atoms with van der Waals surface area (Å²) in [6, 6.07) is 2.98. The second-order valence-corrected chi connectivity index (χ2v) is 1.38. The lowest BCUT2D eigenvalue weighted by Gasteiger charge is -1.87. The van der Waals surface area contributed by atoms with Crippen molar-refractivity contribution in [1.29, 1.82) is 5.26 Å². The lowest BCUT2D eigenvalue weighted by Crippen LogP contribution is -1.84. The van der Waals surface area contributed by atoms with Gasteiger partial charge >= 0.3 is 0 Å². The normalized spacial score (nSPS) is 8.33. The van der Waals surface area contributed by atoms with Gasteiger partial charge in [-0.25, -0.2) is 0 Å². The minimum Gasteiger partial charge on any atom is -0.505 e. The zero-order valence-electron chi connectivity index (χ0n) is 4.44. The topological polar surface area (TPSA) is 69.8 Å². The molecule has 1 rings (SSSR count). The quantitative estimate of drug-likeness (QED) is 0.526. The number of aromatic nitrogens is 2. The van der Waals surface area contributed by atoms with Crippen molar-refractivity contribution < 1.29 is 5.11 Å². The van der Waals surface area contributed by atoms with Gasteiger partial charge in [-0.3, -0.25) is 0 Å². The lowest BCUT2D eigenvalue weighted by molar-refractivity contribution is 0.468. The minimum absolute atomic E-state index is 0.0440. The van der Waals surface area contributed by atoms with Crippen LogP contribution < -0.4 is 0 Å². The third-order valence-corrected chi connectivity index (χ3v) is 0.805. The first-order chi connectivity index (χ1) is 4.34. The van der Waals surface area contributed by atoms with E-state index in [0.717, 1.165) is 0 Å². The molecule has 0 atom stereocenters. The van der Waals surface area contributed by atoms with Crippen molar-refractivity contribution in [3.8, 4) is 11.8 Å². The average molecular weight is 121 g/mol. The van der Waals surface area contributed by atoms with E-state index in [4.69, 9.17) is 10.4 Å². The van der Waals surface area contributed by atoms with E-state index in [1.54, 1.807) is 6.07 Å². The van der Waals surface area contributed by atoms with Crippen molar-refractivity contribution in [2.24, 2.45) is 0 Å². The molecule has 1 aromatic heterocycles. The van der Waals surface area contributed by atoms with Gasteiger partial charge < -0.3 is 5.11 Å². The van der Waals surface area contributed by atoms with Gasteiger partial charge in [-0.1, -0.05) is 0 Å². The molecule has 0 saturated heterocycles. The molecule has 0 saturated carbocycles. The molecule has 0 fully saturated rings. The summed E-state index contributed by atoms with van der Waals surface area (Å²) in [4.78, 5) is 0. The summed E-state index contributed by atoms with van der Waals surface area (Å²) in [5, 5.41) is 23.7. The van der Waals surface area contributed by atoms with Crippen molar-refractivity contribution in [2.45, 2.75) is 0 Å². The Bertz CT molecular complexity index is 253. The molecule has 0 aliphatic carbocycles. The van der Waals surface area contributed by atoms with Crippen LogP contribution in [0.3, 0.4) is 0 Å². The molecule has 0 aromatic carbocycles. The largest absolute Gasteiger partial charge is 0.505 e. The van der Waals surface area contributed by atoms with E-state index in [1.165, 1.54) is 12.3 Å². The summed E-state index contributed by atoms with van der Waals surface area (Å²) in [5.41, 5.74) is -0.0440. The Morgan fingerprint density at radius 2 is 2.44 bits per heavy atom. The van der Waals surface area contributed by atoms with Gasteiger partial charge in [0.1, 0.15) is 6.07 Å². The molecular weight excluding hydrogens is 118 g/mol. The van der Waals surface area contributed by atoms with E-state index in [0.29, 0.717) is 0 Å². The van der Waals surface area contributed by atoms with Gasteiger partial charge in [-0.15, -0.1) is 5.10 Å². The molecule has 0 aliphatic rings. The minimum atomic E-state index is -0.132. The summed E-state index contributed by atoms with van der Waals surface area (Å²) >= 11 is 0. The predicted octanol–water partition coefficient (Wildman–Crippen LogP) is 0.0539. The first-order valence-corrected chi connectivity index (χ1v) is 2.25. The molecule has 0 bridgehead atoms. The van der Waals surface area contributed by atoms with E-state index in [9.17, 15) is 0 Å². The smallest absolute Gasteiger partial charge is 0.204 e. The van der Waals surface area contributed by atoms with E-state index in [-0.39, 0.29) is 11.4 Å². The molecule has 9 heavy (non-hydrogen) atoms. The summed E-state index contributed by atoms with van der Waals surface area (Å²) in [6.07, 6.45) is 1.32. The van der Waals surface area contributed by atoms with Crippen LogP contribution in [0.25, 0.3) is 0 Å². The van der Waals surface area contributed by atoms with Gasteiger partial charge in [0, 0.05) is 6.07 Å². The Balaban J connectivity index is 3.20. The maximum absolute atomic E-state index is 8.79. The highest BCUT2D eigenvalue weighted by Gasteiger charge is 1.96. The molecule has 4 nitrogen and oxygen atoms in total. The fourth-order valence-electron chi connectivity index (χ4n) is 0.405. The third kappa shape index (κ3) is 0.941. The van der Waals surface area contributed by atoms with Crippen molar-refractivity contribution in [3.63, 3.8) is 0 Å². The zero-order valence-corrected chi connectivity index (χ0v) is 4.44. The highest BCUT2D eigenvalue weighted by atomic mass is 16.3. The van der Waals surface area contributed by atoms with Gasteiger partial charge in [0.15, 0.2) is 5.75 Å². The van der Waals surface area contributed by atoms with Crippen LogP contribution in [0.15, 0.2) is 12.3 Å². The lowest BCUT2D eigenvalue weighted by atomic mass is 10.4. The fraction of sp³-hybridized carbons (Fsp3) is 0. The fourth-order valence-corrected chi connectivity index (χ4v) is 0.405. The van der Waals surface area contributed by atoms with Crippen LogP contribution in [-0.4, -0.2) is 15.3 Å². The monoisotopic (exact) mass is 121 g/mol. The van der Waals surface area contributed by atoms with Crippen molar-refractivity contribution in [2.75, 3.05) is 0 Å². The van der Waals surface area contributed by atoms with Crippen LogP contribution in [0, 0.1) is 11.3 Å². The first kappa shape index (κ1) is 5.51. The van der Waals surface area contributed by atoms with Gasteiger partial charge in [0.25, 0.3) is 0 Å². The molecule has 1 heterocycles. The molecule has 4 heteroatoms. The summed E-state index contributed by atoms with van der Waals surface area (Å²) in [6.45, 7) is 0. The maximum atomic E-state index is 8.79. The van der Waals surface area contributed by atoms with E-state index >= 15 is 0 Å². The van der Waals surface area contributed by atoms with Crippen LogP contribution >= 0.6 is 0 Å². The maximum Gasteiger partial charge on any atom is 0.204 e. The van der Waals surface area contributed by atoms with E-state index < -0.39 is 0 Å². The van der Waals surface area contributed by atoms with Crippen molar-refractivity contribution in [3.05, 3.63) is 18.0 Å². The Morgan fingerprint density at radius 1 is 1.67 bits per heavy atom. The SMILES string of the molecule is N#Cc1nnccc1O.